The van der Waals surface area contributed by atoms with Gasteiger partial charge in [0.15, 0.2) is 0 Å². The number of nitrogens with zero attached hydrogens (tertiary/aromatic N) is 1. The van der Waals surface area contributed by atoms with E-state index >= 15 is 0 Å². The molecular weight excluding hydrogens is 202 g/mol. The Balaban J connectivity index is 2.45. The summed E-state index contributed by atoms with van der Waals surface area (Å²) in [5.74, 6) is 0. The number of hydrogen-bond acceptors (Lipinski definition) is 3. The fourth-order valence-electron chi connectivity index (χ4n) is 2.54. The molecule has 1 fully saturated rings. The maximum absolute atomic E-state index is 10.5. The van der Waals surface area contributed by atoms with Crippen LogP contribution in [0.15, 0.2) is 0 Å². The molecule has 0 aromatic carbocycles. The van der Waals surface area contributed by atoms with Crippen LogP contribution in [0, 0.1) is 0 Å². The van der Waals surface area contributed by atoms with E-state index in [1.54, 1.807) is 0 Å². The molecule has 1 aliphatic rings. The minimum Gasteiger partial charge on any atom is -0.396 e. The predicted molar refractivity (Wildman–Crippen MR) is 66.4 cm³/mol. The van der Waals surface area contributed by atoms with Crippen molar-refractivity contribution in [2.24, 2.45) is 0 Å². The van der Waals surface area contributed by atoms with Crippen LogP contribution in [0.1, 0.15) is 52.4 Å². The fraction of sp³-hybridized carbons (Fsp3) is 1.00. The average Bonchev–Trinajstić information content (AvgIpc) is 2.25. The molecule has 2 N–H and O–H groups in total. The summed E-state index contributed by atoms with van der Waals surface area (Å²) >= 11 is 0. The van der Waals surface area contributed by atoms with Crippen LogP contribution < -0.4 is 0 Å². The van der Waals surface area contributed by atoms with E-state index in [9.17, 15) is 5.11 Å². The molecule has 0 heterocycles. The third-order valence-electron chi connectivity index (χ3n) is 3.62. The topological polar surface area (TPSA) is 43.7 Å². The molecule has 0 unspecified atom stereocenters. The van der Waals surface area contributed by atoms with Crippen molar-refractivity contribution in [2.75, 3.05) is 19.7 Å². The van der Waals surface area contributed by atoms with Crippen LogP contribution in [0.4, 0.5) is 0 Å². The Hall–Kier alpha value is -0.120. The summed E-state index contributed by atoms with van der Waals surface area (Å²) in [6.07, 6.45) is 6.25. The molecule has 0 saturated heterocycles. The monoisotopic (exact) mass is 229 g/mol. The molecule has 3 heteroatoms. The first kappa shape index (κ1) is 13.9. The molecule has 0 spiro atoms. The minimum atomic E-state index is -0.474. The first-order valence-corrected chi connectivity index (χ1v) is 6.65. The summed E-state index contributed by atoms with van der Waals surface area (Å²) in [7, 11) is 0. The van der Waals surface area contributed by atoms with Crippen molar-refractivity contribution in [1.82, 2.24) is 4.90 Å². The van der Waals surface area contributed by atoms with Crippen molar-refractivity contribution in [3.63, 3.8) is 0 Å². The molecule has 1 rings (SSSR count). The van der Waals surface area contributed by atoms with Gasteiger partial charge in [0.2, 0.25) is 0 Å². The second kappa shape index (κ2) is 6.58. The molecule has 96 valence electrons. The Morgan fingerprint density at radius 3 is 2.31 bits per heavy atom. The van der Waals surface area contributed by atoms with Crippen LogP contribution >= 0.6 is 0 Å². The summed E-state index contributed by atoms with van der Waals surface area (Å²) in [6, 6.07) is 0.442. The van der Waals surface area contributed by atoms with Gasteiger partial charge in [-0.2, -0.15) is 0 Å². The van der Waals surface area contributed by atoms with E-state index in [0.717, 1.165) is 45.2 Å². The Bertz CT molecular complexity index is 188. The maximum atomic E-state index is 10.5. The van der Waals surface area contributed by atoms with Crippen LogP contribution in [0.25, 0.3) is 0 Å². The molecule has 0 bridgehead atoms. The molecule has 0 atom stereocenters. The summed E-state index contributed by atoms with van der Waals surface area (Å²) in [4.78, 5) is 2.29. The zero-order chi connectivity index (χ0) is 12.0. The number of hydrogen-bond donors (Lipinski definition) is 2. The zero-order valence-electron chi connectivity index (χ0n) is 10.8. The fourth-order valence-corrected chi connectivity index (χ4v) is 2.54. The van der Waals surface area contributed by atoms with E-state index in [4.69, 9.17) is 5.11 Å². The Labute approximate surface area is 99.5 Å². The molecule has 0 aromatic heterocycles. The molecule has 0 aromatic rings. The van der Waals surface area contributed by atoms with Gasteiger partial charge in [-0.1, -0.05) is 19.3 Å². The first-order chi connectivity index (χ1) is 7.57. The molecule has 3 nitrogen and oxygen atoms in total. The van der Waals surface area contributed by atoms with Crippen molar-refractivity contribution in [2.45, 2.75) is 64.0 Å². The Kier molecular flexibility index (Phi) is 5.73. The van der Waals surface area contributed by atoms with Gasteiger partial charge in [-0.15, -0.1) is 0 Å². The normalized spacial score (nSPS) is 20.6. The zero-order valence-corrected chi connectivity index (χ0v) is 10.8. The molecule has 0 amide bonds. The van der Waals surface area contributed by atoms with E-state index < -0.39 is 5.60 Å². The van der Waals surface area contributed by atoms with Crippen LogP contribution in [0.5, 0.6) is 0 Å². The van der Waals surface area contributed by atoms with Crippen molar-refractivity contribution in [3.05, 3.63) is 0 Å². The largest absolute Gasteiger partial charge is 0.396 e. The highest BCUT2D eigenvalue weighted by molar-refractivity contribution is 4.86. The summed E-state index contributed by atoms with van der Waals surface area (Å²) in [5.41, 5.74) is -0.474. The third-order valence-corrected chi connectivity index (χ3v) is 3.62. The number of aliphatic hydroxyl groups is 2. The maximum Gasteiger partial charge on any atom is 0.0774 e. The quantitative estimate of drug-likeness (QED) is 0.729. The second-order valence-corrected chi connectivity index (χ2v) is 5.43. The minimum absolute atomic E-state index is 0.238. The molecular formula is C13H27NO2. The smallest absolute Gasteiger partial charge is 0.0774 e. The van der Waals surface area contributed by atoms with E-state index in [0.29, 0.717) is 6.04 Å². The van der Waals surface area contributed by atoms with Gasteiger partial charge >= 0.3 is 0 Å². The lowest BCUT2D eigenvalue weighted by molar-refractivity contribution is -0.0338. The van der Waals surface area contributed by atoms with E-state index in [2.05, 4.69) is 18.7 Å². The summed E-state index contributed by atoms with van der Waals surface area (Å²) < 4.78 is 0. The second-order valence-electron chi connectivity index (χ2n) is 5.43. The van der Waals surface area contributed by atoms with Crippen molar-refractivity contribution >= 4 is 0 Å². The molecule has 1 saturated carbocycles. The predicted octanol–water partition coefficient (Wildman–Crippen LogP) is 1.77. The van der Waals surface area contributed by atoms with E-state index in [-0.39, 0.29) is 6.61 Å². The van der Waals surface area contributed by atoms with Gasteiger partial charge in [0.05, 0.1) is 5.60 Å². The lowest BCUT2D eigenvalue weighted by Crippen LogP contribution is -2.47. The molecule has 1 aliphatic carbocycles. The summed E-state index contributed by atoms with van der Waals surface area (Å²) in [6.45, 7) is 6.20. The van der Waals surface area contributed by atoms with Gasteiger partial charge in [0, 0.05) is 25.7 Å². The van der Waals surface area contributed by atoms with Crippen molar-refractivity contribution in [1.29, 1.82) is 0 Å². The van der Waals surface area contributed by atoms with E-state index in [1.165, 1.54) is 6.42 Å². The van der Waals surface area contributed by atoms with Crippen molar-refractivity contribution in [3.8, 4) is 0 Å². The molecule has 0 radical (unpaired) electrons. The van der Waals surface area contributed by atoms with Gasteiger partial charge in [0.1, 0.15) is 0 Å². The number of rotatable bonds is 6. The highest BCUT2D eigenvalue weighted by Crippen LogP contribution is 2.29. The van der Waals surface area contributed by atoms with Crippen LogP contribution in [0.3, 0.4) is 0 Å². The standard InChI is InChI=1S/C13H27NO2/c1-12(2)14(9-6-10-15)11-13(16)7-4-3-5-8-13/h12,15-16H,3-11H2,1-2H3. The first-order valence-electron chi connectivity index (χ1n) is 6.65. The number of aliphatic hydroxyl groups excluding tert-OH is 1. The van der Waals surface area contributed by atoms with Crippen LogP contribution in [-0.4, -0.2) is 46.5 Å². The van der Waals surface area contributed by atoms with Crippen LogP contribution in [0.2, 0.25) is 0 Å². The lowest BCUT2D eigenvalue weighted by atomic mass is 9.84. The van der Waals surface area contributed by atoms with Gasteiger partial charge in [-0.25, -0.2) is 0 Å². The van der Waals surface area contributed by atoms with Gasteiger partial charge in [0.25, 0.3) is 0 Å². The van der Waals surface area contributed by atoms with Gasteiger partial charge in [-0.05, 0) is 33.1 Å². The third kappa shape index (κ3) is 4.40. The summed E-state index contributed by atoms with van der Waals surface area (Å²) in [5, 5.41) is 19.4. The molecule has 0 aliphatic heterocycles. The van der Waals surface area contributed by atoms with Gasteiger partial charge < -0.3 is 10.2 Å². The Morgan fingerprint density at radius 1 is 1.19 bits per heavy atom. The highest BCUT2D eigenvalue weighted by atomic mass is 16.3. The average molecular weight is 229 g/mol. The molecule has 16 heavy (non-hydrogen) atoms. The van der Waals surface area contributed by atoms with Gasteiger partial charge in [-0.3, -0.25) is 4.90 Å². The lowest BCUT2D eigenvalue weighted by Gasteiger charge is -2.38. The SMILES string of the molecule is CC(C)N(CCCO)CC1(O)CCCCC1. The Morgan fingerprint density at radius 2 is 1.81 bits per heavy atom. The van der Waals surface area contributed by atoms with Crippen LogP contribution in [-0.2, 0) is 0 Å². The highest BCUT2D eigenvalue weighted by Gasteiger charge is 2.31. The van der Waals surface area contributed by atoms with Crippen molar-refractivity contribution < 1.29 is 10.2 Å². The van der Waals surface area contributed by atoms with E-state index in [1.807, 2.05) is 0 Å².